The van der Waals surface area contributed by atoms with Crippen molar-refractivity contribution in [2.75, 3.05) is 33.7 Å². The van der Waals surface area contributed by atoms with Crippen LogP contribution >= 0.6 is 0 Å². The molecular weight excluding hydrogens is 262 g/mol. The number of hydrogen-bond donors (Lipinski definition) is 0. The van der Waals surface area contributed by atoms with Crippen molar-refractivity contribution in [3.05, 3.63) is 23.0 Å². The summed E-state index contributed by atoms with van der Waals surface area (Å²) in [5, 5.41) is 0. The maximum atomic E-state index is 12.6. The van der Waals surface area contributed by atoms with Crippen molar-refractivity contribution in [1.82, 2.24) is 14.4 Å². The van der Waals surface area contributed by atoms with Crippen LogP contribution in [0.1, 0.15) is 41.5 Å². The quantitative estimate of drug-likeness (QED) is 0.780. The molecule has 0 aliphatic carbocycles. The Hall–Kier alpha value is -1.13. The Morgan fingerprint density at radius 3 is 2.71 bits per heavy atom. The molecule has 0 bridgehead atoms. The molecule has 1 saturated heterocycles. The Morgan fingerprint density at radius 2 is 2.14 bits per heavy atom. The Bertz CT molecular complexity index is 506. The molecule has 1 aromatic heterocycles. The second-order valence-corrected chi connectivity index (χ2v) is 6.43. The van der Waals surface area contributed by atoms with E-state index in [0.29, 0.717) is 12.6 Å². The maximum Gasteiger partial charge on any atom is 0.178 e. The average Bonchev–Trinajstić information content (AvgIpc) is 2.73. The van der Waals surface area contributed by atoms with Gasteiger partial charge < -0.3 is 9.47 Å². The van der Waals surface area contributed by atoms with Gasteiger partial charge in [0.15, 0.2) is 5.78 Å². The Kier molecular flexibility index (Phi) is 5.22. The van der Waals surface area contributed by atoms with Crippen LogP contribution in [0.15, 0.2) is 6.07 Å². The van der Waals surface area contributed by atoms with Crippen LogP contribution in [-0.4, -0.2) is 59.9 Å². The van der Waals surface area contributed by atoms with Gasteiger partial charge >= 0.3 is 0 Å². The van der Waals surface area contributed by atoms with Gasteiger partial charge in [0.25, 0.3) is 0 Å². The van der Waals surface area contributed by atoms with Crippen molar-refractivity contribution < 1.29 is 4.79 Å². The number of ketones is 1. The first-order valence-electron chi connectivity index (χ1n) is 8.02. The summed E-state index contributed by atoms with van der Waals surface area (Å²) in [6, 6.07) is 2.55. The molecule has 21 heavy (non-hydrogen) atoms. The normalized spacial score (nSPS) is 20.2. The smallest absolute Gasteiger partial charge is 0.178 e. The molecule has 1 aliphatic rings. The molecule has 0 N–H and O–H groups in total. The SMILES string of the molecule is CCn1c(C)cc(C(=O)CN(C)C2CCCN(C)C2)c1C. The highest BCUT2D eigenvalue weighted by molar-refractivity contribution is 5.99. The molecule has 0 spiro atoms. The monoisotopic (exact) mass is 291 g/mol. The summed E-state index contributed by atoms with van der Waals surface area (Å²) in [5.74, 6) is 0.249. The molecule has 0 radical (unpaired) electrons. The Balaban J connectivity index is 2.04. The number of Topliss-reactive ketones (excluding diaryl/α,β-unsaturated/α-hetero) is 1. The number of aromatic nitrogens is 1. The van der Waals surface area contributed by atoms with Gasteiger partial charge in [-0.3, -0.25) is 9.69 Å². The maximum absolute atomic E-state index is 12.6. The summed E-state index contributed by atoms with van der Waals surface area (Å²) in [6.07, 6.45) is 2.42. The average molecular weight is 291 g/mol. The van der Waals surface area contributed by atoms with Gasteiger partial charge in [0, 0.05) is 36.1 Å². The zero-order chi connectivity index (χ0) is 15.6. The molecule has 2 heterocycles. The van der Waals surface area contributed by atoms with E-state index in [4.69, 9.17) is 0 Å². The van der Waals surface area contributed by atoms with Crippen LogP contribution in [0.2, 0.25) is 0 Å². The van der Waals surface area contributed by atoms with Gasteiger partial charge in [-0.15, -0.1) is 0 Å². The first kappa shape index (κ1) is 16.2. The van der Waals surface area contributed by atoms with Crippen molar-refractivity contribution >= 4 is 5.78 Å². The third-order valence-corrected chi connectivity index (χ3v) is 4.81. The standard InChI is InChI=1S/C17H29N3O/c1-6-20-13(2)10-16(14(20)3)17(21)12-19(5)15-8-7-9-18(4)11-15/h10,15H,6-9,11-12H2,1-5H3. The van der Waals surface area contributed by atoms with E-state index in [0.717, 1.165) is 24.3 Å². The number of rotatable bonds is 5. The number of likely N-dealkylation sites (tertiary alicyclic amines) is 1. The van der Waals surface area contributed by atoms with E-state index in [1.54, 1.807) is 0 Å². The molecule has 4 heteroatoms. The minimum absolute atomic E-state index is 0.249. The van der Waals surface area contributed by atoms with Crippen LogP contribution in [0, 0.1) is 13.8 Å². The molecule has 118 valence electrons. The first-order valence-corrected chi connectivity index (χ1v) is 8.02. The third-order valence-electron chi connectivity index (χ3n) is 4.81. The topological polar surface area (TPSA) is 28.5 Å². The summed E-state index contributed by atoms with van der Waals surface area (Å²) >= 11 is 0. The van der Waals surface area contributed by atoms with Gasteiger partial charge in [0.2, 0.25) is 0 Å². The van der Waals surface area contributed by atoms with Crippen LogP contribution < -0.4 is 0 Å². The molecule has 2 rings (SSSR count). The molecule has 1 unspecified atom stereocenters. The predicted molar refractivity (Wildman–Crippen MR) is 87.1 cm³/mol. The molecular formula is C17H29N3O. The molecule has 1 fully saturated rings. The van der Waals surface area contributed by atoms with Gasteiger partial charge in [-0.25, -0.2) is 0 Å². The number of nitrogens with zero attached hydrogens (tertiary/aromatic N) is 3. The lowest BCUT2D eigenvalue weighted by atomic mass is 10.0. The lowest BCUT2D eigenvalue weighted by molar-refractivity contribution is 0.0857. The molecule has 0 saturated carbocycles. The van der Waals surface area contributed by atoms with Gasteiger partial charge in [-0.2, -0.15) is 0 Å². The van der Waals surface area contributed by atoms with Crippen molar-refractivity contribution in [1.29, 1.82) is 0 Å². The fraction of sp³-hybridized carbons (Fsp3) is 0.706. The number of carbonyl (C=O) groups excluding carboxylic acids is 1. The molecule has 0 aromatic carbocycles. The lowest BCUT2D eigenvalue weighted by Gasteiger charge is -2.35. The fourth-order valence-electron chi connectivity index (χ4n) is 3.51. The van der Waals surface area contributed by atoms with E-state index in [1.807, 2.05) is 6.07 Å². The second-order valence-electron chi connectivity index (χ2n) is 6.43. The van der Waals surface area contributed by atoms with E-state index in [9.17, 15) is 4.79 Å². The van der Waals surface area contributed by atoms with Gasteiger partial charge in [0.05, 0.1) is 6.54 Å². The van der Waals surface area contributed by atoms with Crippen molar-refractivity contribution in [2.24, 2.45) is 0 Å². The summed E-state index contributed by atoms with van der Waals surface area (Å²) < 4.78 is 2.21. The highest BCUT2D eigenvalue weighted by atomic mass is 16.1. The van der Waals surface area contributed by atoms with Crippen LogP contribution in [-0.2, 0) is 6.54 Å². The summed E-state index contributed by atoms with van der Waals surface area (Å²) in [6.45, 7) is 9.94. The lowest BCUT2D eigenvalue weighted by Crippen LogP contribution is -2.46. The Labute approximate surface area is 128 Å². The van der Waals surface area contributed by atoms with Crippen LogP contribution in [0.3, 0.4) is 0 Å². The second kappa shape index (κ2) is 6.75. The third kappa shape index (κ3) is 3.55. The zero-order valence-corrected chi connectivity index (χ0v) is 14.1. The van der Waals surface area contributed by atoms with E-state index in [2.05, 4.69) is 49.2 Å². The zero-order valence-electron chi connectivity index (χ0n) is 14.1. The summed E-state index contributed by atoms with van der Waals surface area (Å²) in [4.78, 5) is 17.2. The fourth-order valence-corrected chi connectivity index (χ4v) is 3.51. The number of piperidine rings is 1. The highest BCUT2D eigenvalue weighted by Crippen LogP contribution is 2.18. The van der Waals surface area contributed by atoms with E-state index < -0.39 is 0 Å². The predicted octanol–water partition coefficient (Wildman–Crippen LogP) is 2.33. The number of hydrogen-bond acceptors (Lipinski definition) is 3. The molecule has 1 atom stereocenters. The van der Waals surface area contributed by atoms with Crippen LogP contribution in [0.5, 0.6) is 0 Å². The molecule has 0 amide bonds. The highest BCUT2D eigenvalue weighted by Gasteiger charge is 2.24. The molecule has 1 aliphatic heterocycles. The first-order chi connectivity index (χ1) is 9.93. The van der Waals surface area contributed by atoms with Crippen LogP contribution in [0.4, 0.5) is 0 Å². The van der Waals surface area contributed by atoms with Gasteiger partial charge in [0.1, 0.15) is 0 Å². The number of aryl methyl sites for hydroxylation is 1. The number of likely N-dealkylation sites (N-methyl/N-ethyl adjacent to an activating group) is 2. The van der Waals surface area contributed by atoms with Gasteiger partial charge in [-0.1, -0.05) is 0 Å². The molecule has 4 nitrogen and oxygen atoms in total. The van der Waals surface area contributed by atoms with Crippen molar-refractivity contribution in [2.45, 2.75) is 46.2 Å². The Morgan fingerprint density at radius 1 is 1.43 bits per heavy atom. The molecule has 1 aromatic rings. The van der Waals surface area contributed by atoms with Gasteiger partial charge in [-0.05, 0) is 60.3 Å². The van der Waals surface area contributed by atoms with E-state index in [1.165, 1.54) is 25.1 Å². The number of carbonyl (C=O) groups is 1. The summed E-state index contributed by atoms with van der Waals surface area (Å²) in [5.41, 5.74) is 3.18. The minimum atomic E-state index is 0.249. The van der Waals surface area contributed by atoms with E-state index >= 15 is 0 Å². The minimum Gasteiger partial charge on any atom is -0.349 e. The largest absolute Gasteiger partial charge is 0.349 e. The van der Waals surface area contributed by atoms with E-state index in [-0.39, 0.29) is 5.78 Å². The van der Waals surface area contributed by atoms with Crippen molar-refractivity contribution in [3.8, 4) is 0 Å². The van der Waals surface area contributed by atoms with Crippen molar-refractivity contribution in [3.63, 3.8) is 0 Å². The van der Waals surface area contributed by atoms with Crippen LogP contribution in [0.25, 0.3) is 0 Å². The summed E-state index contributed by atoms with van der Waals surface area (Å²) in [7, 11) is 4.25.